The third-order valence-electron chi connectivity index (χ3n) is 2.13. The Morgan fingerprint density at radius 1 is 1.37 bits per heavy atom. The molecule has 0 radical (unpaired) electrons. The van der Waals surface area contributed by atoms with Gasteiger partial charge in [-0.05, 0) is 19.1 Å². The summed E-state index contributed by atoms with van der Waals surface area (Å²) in [6, 6.07) is 2.12. The zero-order valence-electron chi connectivity index (χ0n) is 10.3. The van der Waals surface area contributed by atoms with Crippen LogP contribution in [0.5, 0.6) is 0 Å². The van der Waals surface area contributed by atoms with E-state index in [2.05, 4.69) is 4.72 Å². The van der Waals surface area contributed by atoms with Crippen LogP contribution in [0.3, 0.4) is 0 Å². The molecule has 0 aliphatic heterocycles. The first-order chi connectivity index (χ1) is 8.63. The van der Waals surface area contributed by atoms with Gasteiger partial charge >= 0.3 is 0 Å². The number of hydrogen-bond acceptors (Lipinski definition) is 4. The molecule has 3 N–H and O–H groups in total. The van der Waals surface area contributed by atoms with Crippen molar-refractivity contribution in [2.75, 3.05) is 17.7 Å². The van der Waals surface area contributed by atoms with Gasteiger partial charge in [-0.25, -0.2) is 13.1 Å². The molecule has 5 nitrogen and oxygen atoms in total. The highest BCUT2D eigenvalue weighted by Gasteiger charge is 2.24. The molecule has 2 unspecified atom stereocenters. The summed E-state index contributed by atoms with van der Waals surface area (Å²) < 4.78 is 37.8. The fourth-order valence-electron chi connectivity index (χ4n) is 1.55. The molecule has 108 valence electrons. The summed E-state index contributed by atoms with van der Waals surface area (Å²) in [5.74, 6) is 0.198. The molecule has 1 aromatic rings. The lowest BCUT2D eigenvalue weighted by Gasteiger charge is -2.15. The van der Waals surface area contributed by atoms with E-state index in [9.17, 15) is 12.6 Å². The summed E-state index contributed by atoms with van der Waals surface area (Å²) in [5, 5.41) is -0.107. The van der Waals surface area contributed by atoms with Crippen molar-refractivity contribution in [2.45, 2.75) is 17.9 Å². The third kappa shape index (κ3) is 4.61. The first kappa shape index (κ1) is 16.7. The van der Waals surface area contributed by atoms with Gasteiger partial charge in [-0.3, -0.25) is 4.21 Å². The Morgan fingerprint density at radius 2 is 1.84 bits per heavy atom. The Kier molecular flexibility index (Phi) is 5.64. The van der Waals surface area contributed by atoms with Crippen LogP contribution in [0.25, 0.3) is 0 Å². The minimum atomic E-state index is -3.89. The average Bonchev–Trinajstić information content (AvgIpc) is 2.10. The standard InChI is InChI=1S/C10H14Cl2N2O3S2/c1-6(5-18(2)15)14-19(16,17)10-8(11)3-7(13)4-9(10)12/h3-4,6,14H,5,13H2,1-2H3. The molecular weight excluding hydrogens is 331 g/mol. The van der Waals surface area contributed by atoms with Crippen molar-refractivity contribution < 1.29 is 12.6 Å². The number of anilines is 1. The molecule has 0 aliphatic rings. The Morgan fingerprint density at radius 3 is 2.26 bits per heavy atom. The number of nitrogens with one attached hydrogen (secondary N) is 1. The molecule has 0 aromatic heterocycles. The van der Waals surface area contributed by atoms with E-state index in [-0.39, 0.29) is 26.4 Å². The van der Waals surface area contributed by atoms with Crippen molar-refractivity contribution in [2.24, 2.45) is 0 Å². The molecule has 0 saturated heterocycles. The minimum Gasteiger partial charge on any atom is -0.399 e. The van der Waals surface area contributed by atoms with E-state index in [0.29, 0.717) is 0 Å². The number of benzene rings is 1. The normalized spacial score (nSPS) is 15.2. The second-order valence-electron chi connectivity index (χ2n) is 4.08. The van der Waals surface area contributed by atoms with E-state index in [1.54, 1.807) is 6.92 Å². The zero-order valence-corrected chi connectivity index (χ0v) is 13.5. The first-order valence-corrected chi connectivity index (χ1v) is 9.17. The van der Waals surface area contributed by atoms with Gasteiger partial charge in [0.15, 0.2) is 0 Å². The highest BCUT2D eigenvalue weighted by molar-refractivity contribution is 7.90. The molecule has 0 aliphatic carbocycles. The van der Waals surface area contributed by atoms with Crippen molar-refractivity contribution in [3.8, 4) is 0 Å². The van der Waals surface area contributed by atoms with Crippen molar-refractivity contribution in [1.29, 1.82) is 0 Å². The van der Waals surface area contributed by atoms with E-state index in [4.69, 9.17) is 28.9 Å². The fourth-order valence-corrected chi connectivity index (χ4v) is 4.91. The topological polar surface area (TPSA) is 89.3 Å². The first-order valence-electron chi connectivity index (χ1n) is 5.20. The van der Waals surface area contributed by atoms with Crippen LogP contribution in [0.4, 0.5) is 5.69 Å². The number of nitrogens with two attached hydrogens (primary N) is 1. The summed E-state index contributed by atoms with van der Waals surface area (Å²) >= 11 is 11.7. The Balaban J connectivity index is 3.11. The minimum absolute atomic E-state index is 0.0534. The molecule has 0 amide bonds. The van der Waals surface area contributed by atoms with Crippen LogP contribution in [0.2, 0.25) is 10.0 Å². The van der Waals surface area contributed by atoms with Gasteiger partial charge in [0.25, 0.3) is 0 Å². The highest BCUT2D eigenvalue weighted by Crippen LogP contribution is 2.31. The van der Waals surface area contributed by atoms with Crippen LogP contribution in [0.1, 0.15) is 6.92 Å². The van der Waals surface area contributed by atoms with Gasteiger partial charge in [0.05, 0.1) is 10.0 Å². The quantitative estimate of drug-likeness (QED) is 0.794. The van der Waals surface area contributed by atoms with E-state index < -0.39 is 26.9 Å². The molecule has 0 spiro atoms. The number of nitrogen functional groups attached to an aromatic ring is 1. The van der Waals surface area contributed by atoms with Gasteiger partial charge in [0, 0.05) is 34.5 Å². The Labute approximate surface area is 125 Å². The van der Waals surface area contributed by atoms with E-state index in [1.165, 1.54) is 18.4 Å². The van der Waals surface area contributed by atoms with E-state index >= 15 is 0 Å². The second kappa shape index (κ2) is 6.41. The molecule has 1 rings (SSSR count). The van der Waals surface area contributed by atoms with Gasteiger partial charge in [-0.1, -0.05) is 23.2 Å². The summed E-state index contributed by atoms with van der Waals surface area (Å²) in [4.78, 5) is -0.223. The fraction of sp³-hybridized carbons (Fsp3) is 0.400. The summed E-state index contributed by atoms with van der Waals surface area (Å²) in [5.41, 5.74) is 5.79. The maximum absolute atomic E-state index is 12.2. The number of hydrogen-bond donors (Lipinski definition) is 2. The highest BCUT2D eigenvalue weighted by atomic mass is 35.5. The second-order valence-corrected chi connectivity index (χ2v) is 8.02. The van der Waals surface area contributed by atoms with E-state index in [1.807, 2.05) is 0 Å². The van der Waals surface area contributed by atoms with Crippen LogP contribution in [-0.2, 0) is 20.8 Å². The monoisotopic (exact) mass is 344 g/mol. The van der Waals surface area contributed by atoms with Gasteiger partial charge < -0.3 is 5.73 Å². The predicted molar refractivity (Wildman–Crippen MR) is 79.6 cm³/mol. The molecule has 9 heteroatoms. The zero-order chi connectivity index (χ0) is 14.8. The number of rotatable bonds is 5. The molecule has 0 saturated carbocycles. The molecule has 0 bridgehead atoms. The lowest BCUT2D eigenvalue weighted by molar-refractivity contribution is 0.570. The molecular formula is C10H14Cl2N2O3S2. The van der Waals surface area contributed by atoms with Crippen LogP contribution < -0.4 is 10.5 Å². The molecule has 0 heterocycles. The predicted octanol–water partition coefficient (Wildman–Crippen LogP) is 1.62. The number of sulfonamides is 1. The van der Waals surface area contributed by atoms with Crippen molar-refractivity contribution in [3.05, 3.63) is 22.2 Å². The van der Waals surface area contributed by atoms with Gasteiger partial charge in [-0.15, -0.1) is 0 Å². The maximum Gasteiger partial charge on any atom is 0.243 e. The maximum atomic E-state index is 12.2. The molecule has 2 atom stereocenters. The average molecular weight is 345 g/mol. The van der Waals surface area contributed by atoms with Crippen LogP contribution in [0, 0.1) is 0 Å². The lowest BCUT2D eigenvalue weighted by atomic mass is 10.3. The number of halogens is 2. The molecule has 19 heavy (non-hydrogen) atoms. The van der Waals surface area contributed by atoms with Gasteiger partial charge in [0.1, 0.15) is 4.90 Å². The van der Waals surface area contributed by atoms with Crippen LogP contribution in [-0.4, -0.2) is 30.7 Å². The van der Waals surface area contributed by atoms with Crippen molar-refractivity contribution in [3.63, 3.8) is 0 Å². The summed E-state index contributed by atoms with van der Waals surface area (Å²) in [6.07, 6.45) is 1.49. The van der Waals surface area contributed by atoms with Crippen LogP contribution in [0.15, 0.2) is 17.0 Å². The smallest absolute Gasteiger partial charge is 0.243 e. The van der Waals surface area contributed by atoms with Gasteiger partial charge in [-0.2, -0.15) is 0 Å². The van der Waals surface area contributed by atoms with Crippen molar-refractivity contribution in [1.82, 2.24) is 4.72 Å². The summed E-state index contributed by atoms with van der Waals surface area (Å²) in [7, 11) is -5.00. The molecule has 0 fully saturated rings. The largest absolute Gasteiger partial charge is 0.399 e. The van der Waals surface area contributed by atoms with E-state index in [0.717, 1.165) is 0 Å². The van der Waals surface area contributed by atoms with Gasteiger partial charge in [0.2, 0.25) is 10.0 Å². The van der Waals surface area contributed by atoms with Crippen LogP contribution >= 0.6 is 23.2 Å². The summed E-state index contributed by atoms with van der Waals surface area (Å²) in [6.45, 7) is 1.61. The molecule has 1 aromatic carbocycles. The Bertz CT molecular complexity index is 582. The third-order valence-corrected chi connectivity index (χ3v) is 5.61. The lowest BCUT2D eigenvalue weighted by Crippen LogP contribution is -2.36. The van der Waals surface area contributed by atoms with Crippen molar-refractivity contribution >= 4 is 49.7 Å². The SMILES string of the molecule is CC(CS(C)=O)NS(=O)(=O)c1c(Cl)cc(N)cc1Cl. The Hall–Kier alpha value is -0.340.